The second-order valence-corrected chi connectivity index (χ2v) is 6.28. The van der Waals surface area contributed by atoms with Gasteiger partial charge in [-0.15, -0.1) is 0 Å². The van der Waals surface area contributed by atoms with E-state index >= 15 is 0 Å². The molecule has 2 heterocycles. The minimum Gasteiger partial charge on any atom is -0.333 e. The topological polar surface area (TPSA) is 56.9 Å². The van der Waals surface area contributed by atoms with E-state index in [0.29, 0.717) is 6.04 Å². The van der Waals surface area contributed by atoms with E-state index in [1.807, 2.05) is 13.1 Å². The van der Waals surface area contributed by atoms with Gasteiger partial charge in [0.2, 0.25) is 0 Å². The molecular weight excluding hydrogens is 250 g/mol. The lowest BCUT2D eigenvalue weighted by Crippen LogP contribution is -2.43. The molecular formula is C15H23N5. The number of aromatic nitrogens is 2. The summed E-state index contributed by atoms with van der Waals surface area (Å²) in [5.41, 5.74) is -0.352. The normalized spacial score (nSPS) is 22.0. The second-order valence-electron chi connectivity index (χ2n) is 6.28. The second kappa shape index (κ2) is 5.55. The number of rotatable bonds is 6. The average Bonchev–Trinajstić information content (AvgIpc) is 3.13. The fraction of sp³-hybridized carbons (Fsp3) is 0.733. The van der Waals surface area contributed by atoms with Crippen LogP contribution in [0.25, 0.3) is 0 Å². The molecule has 0 amide bonds. The van der Waals surface area contributed by atoms with Crippen LogP contribution in [0.3, 0.4) is 0 Å². The summed E-state index contributed by atoms with van der Waals surface area (Å²) in [6.45, 7) is 6.14. The number of fused-ring (bicyclic) bond motifs is 1. The Kier molecular flexibility index (Phi) is 3.77. The highest BCUT2D eigenvalue weighted by Gasteiger charge is 2.32. The zero-order valence-corrected chi connectivity index (χ0v) is 12.2. The van der Waals surface area contributed by atoms with Gasteiger partial charge in [0.1, 0.15) is 11.4 Å². The molecule has 1 fully saturated rings. The van der Waals surface area contributed by atoms with Gasteiger partial charge < -0.3 is 4.57 Å². The highest BCUT2D eigenvalue weighted by atomic mass is 15.2. The average molecular weight is 273 g/mol. The predicted molar refractivity (Wildman–Crippen MR) is 76.9 cm³/mol. The van der Waals surface area contributed by atoms with E-state index in [1.165, 1.54) is 12.8 Å². The van der Waals surface area contributed by atoms with Crippen molar-refractivity contribution in [2.75, 3.05) is 13.1 Å². The van der Waals surface area contributed by atoms with Gasteiger partial charge in [0, 0.05) is 31.5 Å². The lowest BCUT2D eigenvalue weighted by Gasteiger charge is -2.29. The maximum absolute atomic E-state index is 9.36. The summed E-state index contributed by atoms with van der Waals surface area (Å²) in [4.78, 5) is 6.83. The molecule has 0 aromatic carbocycles. The molecule has 1 unspecified atom stereocenters. The fourth-order valence-electron chi connectivity index (χ4n) is 2.91. The number of imidazole rings is 1. The molecule has 5 heteroatoms. The van der Waals surface area contributed by atoms with E-state index in [1.54, 1.807) is 0 Å². The van der Waals surface area contributed by atoms with E-state index in [-0.39, 0.29) is 5.54 Å². The fourth-order valence-corrected chi connectivity index (χ4v) is 2.91. The largest absolute Gasteiger partial charge is 0.333 e. The third-order valence-electron chi connectivity index (χ3n) is 4.32. The van der Waals surface area contributed by atoms with Crippen molar-refractivity contribution in [1.82, 2.24) is 19.8 Å². The molecule has 0 saturated heterocycles. The first-order chi connectivity index (χ1) is 9.68. The van der Waals surface area contributed by atoms with Crippen LogP contribution >= 0.6 is 0 Å². The lowest BCUT2D eigenvalue weighted by atomic mass is 9.97. The Labute approximate surface area is 120 Å². The van der Waals surface area contributed by atoms with Crippen molar-refractivity contribution in [3.8, 4) is 6.07 Å². The number of hydrogen-bond acceptors (Lipinski definition) is 4. The molecule has 0 spiro atoms. The minimum absolute atomic E-state index is 0.352. The van der Waals surface area contributed by atoms with Gasteiger partial charge in [0.05, 0.1) is 12.6 Å². The molecule has 1 atom stereocenters. The van der Waals surface area contributed by atoms with E-state index in [2.05, 4.69) is 32.0 Å². The van der Waals surface area contributed by atoms with Gasteiger partial charge in [-0.25, -0.2) is 4.98 Å². The Hall–Kier alpha value is -1.38. The summed E-state index contributed by atoms with van der Waals surface area (Å²) in [5.74, 6) is 1.16. The molecule has 0 bridgehead atoms. The number of nitriles is 1. The zero-order chi connectivity index (χ0) is 14.0. The van der Waals surface area contributed by atoms with Crippen LogP contribution in [-0.2, 0) is 13.1 Å². The van der Waals surface area contributed by atoms with Crippen molar-refractivity contribution in [2.45, 2.75) is 57.3 Å². The molecule has 108 valence electrons. The van der Waals surface area contributed by atoms with E-state index in [4.69, 9.17) is 0 Å². The molecule has 20 heavy (non-hydrogen) atoms. The van der Waals surface area contributed by atoms with Crippen LogP contribution in [0.5, 0.6) is 0 Å². The van der Waals surface area contributed by atoms with Gasteiger partial charge in [-0.05, 0) is 39.2 Å². The summed E-state index contributed by atoms with van der Waals surface area (Å²) in [6, 6.07) is 3.04. The van der Waals surface area contributed by atoms with E-state index in [0.717, 1.165) is 44.8 Å². The van der Waals surface area contributed by atoms with Crippen molar-refractivity contribution < 1.29 is 0 Å². The summed E-state index contributed by atoms with van der Waals surface area (Å²) in [6.07, 6.45) is 8.37. The Balaban J connectivity index is 1.44. The van der Waals surface area contributed by atoms with Gasteiger partial charge in [0.25, 0.3) is 0 Å². The lowest BCUT2D eigenvalue weighted by molar-refractivity contribution is 0.207. The maximum atomic E-state index is 9.36. The highest BCUT2D eigenvalue weighted by molar-refractivity contribution is 5.07. The number of nitrogens with one attached hydrogen (secondary N) is 1. The van der Waals surface area contributed by atoms with Crippen molar-refractivity contribution in [3.63, 3.8) is 0 Å². The Morgan fingerprint density at radius 2 is 2.35 bits per heavy atom. The van der Waals surface area contributed by atoms with Gasteiger partial charge >= 0.3 is 0 Å². The van der Waals surface area contributed by atoms with Crippen LogP contribution in [0.2, 0.25) is 0 Å². The van der Waals surface area contributed by atoms with Crippen molar-refractivity contribution in [2.24, 2.45) is 0 Å². The minimum atomic E-state index is -0.352. The van der Waals surface area contributed by atoms with Crippen LogP contribution in [0.4, 0.5) is 0 Å². The van der Waals surface area contributed by atoms with Crippen LogP contribution < -0.4 is 5.32 Å². The van der Waals surface area contributed by atoms with Crippen LogP contribution in [-0.4, -0.2) is 39.1 Å². The molecule has 1 N–H and O–H groups in total. The Morgan fingerprint density at radius 1 is 1.50 bits per heavy atom. The van der Waals surface area contributed by atoms with Crippen molar-refractivity contribution >= 4 is 0 Å². The number of hydrogen-bond donors (Lipinski definition) is 1. The molecule has 1 aromatic rings. The molecule has 1 saturated carbocycles. The van der Waals surface area contributed by atoms with Gasteiger partial charge in [0.15, 0.2) is 0 Å². The van der Waals surface area contributed by atoms with Crippen LogP contribution in [0.1, 0.15) is 38.4 Å². The van der Waals surface area contributed by atoms with Crippen LogP contribution in [0, 0.1) is 11.3 Å². The third-order valence-corrected chi connectivity index (χ3v) is 4.32. The van der Waals surface area contributed by atoms with E-state index < -0.39 is 0 Å². The molecule has 0 radical (unpaired) electrons. The first-order valence-corrected chi connectivity index (χ1v) is 7.60. The summed E-state index contributed by atoms with van der Waals surface area (Å²) in [5, 5.41) is 12.8. The molecule has 2 aliphatic rings. The summed E-state index contributed by atoms with van der Waals surface area (Å²) < 4.78 is 2.23. The van der Waals surface area contributed by atoms with Crippen molar-refractivity contribution in [1.29, 1.82) is 5.26 Å². The van der Waals surface area contributed by atoms with Crippen LogP contribution in [0.15, 0.2) is 12.4 Å². The maximum Gasteiger partial charge on any atom is 0.122 e. The van der Waals surface area contributed by atoms with Gasteiger partial charge in [-0.3, -0.25) is 10.2 Å². The Morgan fingerprint density at radius 3 is 3.10 bits per heavy atom. The summed E-state index contributed by atoms with van der Waals surface area (Å²) >= 11 is 0. The zero-order valence-electron chi connectivity index (χ0n) is 12.2. The highest BCUT2D eigenvalue weighted by Crippen LogP contribution is 2.24. The molecule has 3 rings (SSSR count). The quantitative estimate of drug-likeness (QED) is 0.853. The smallest absolute Gasteiger partial charge is 0.122 e. The van der Waals surface area contributed by atoms with E-state index in [9.17, 15) is 5.26 Å². The molecule has 1 aromatic heterocycles. The third kappa shape index (κ3) is 3.20. The first kappa shape index (κ1) is 13.6. The first-order valence-electron chi connectivity index (χ1n) is 7.60. The van der Waals surface area contributed by atoms with Crippen molar-refractivity contribution in [3.05, 3.63) is 18.2 Å². The standard InChI is InChI=1S/C15H23N5/c1-15(12-16,18-13-3-4-13)5-2-7-19-9-10-20-8-6-17-14(20)11-19/h6,8,13,18H,2-5,7,9-11H2,1H3. The molecule has 1 aliphatic heterocycles. The SMILES string of the molecule is CC(C#N)(CCCN1CCn2ccnc2C1)NC1CC1. The Bertz CT molecular complexity index is 499. The van der Waals surface area contributed by atoms with Gasteiger partial charge in [-0.2, -0.15) is 5.26 Å². The monoisotopic (exact) mass is 273 g/mol. The molecule has 1 aliphatic carbocycles. The van der Waals surface area contributed by atoms with Gasteiger partial charge in [-0.1, -0.05) is 0 Å². The number of nitrogens with zero attached hydrogens (tertiary/aromatic N) is 4. The predicted octanol–water partition coefficient (Wildman–Crippen LogP) is 1.51. The summed E-state index contributed by atoms with van der Waals surface area (Å²) in [7, 11) is 0. The molecule has 5 nitrogen and oxygen atoms in total.